The molecule has 0 saturated carbocycles. The Hall–Kier alpha value is -4.71. The lowest BCUT2D eigenvalue weighted by Crippen LogP contribution is -2.28. The third kappa shape index (κ3) is 9.43. The lowest BCUT2D eigenvalue weighted by atomic mass is 10.2. The number of halogens is 2. The molecular formula is C35H32Cl2N4O6S. The summed E-state index contributed by atoms with van der Waals surface area (Å²) >= 11 is 13.4. The monoisotopic (exact) mass is 706 g/mol. The Kier molecular flexibility index (Phi) is 11.8. The van der Waals surface area contributed by atoms with Crippen molar-refractivity contribution >= 4 is 69.9 Å². The Bertz CT molecular complexity index is 1840. The second kappa shape index (κ2) is 16.4. The van der Waals surface area contributed by atoms with E-state index in [-0.39, 0.29) is 25.0 Å². The largest absolute Gasteiger partial charge is 0.493 e. The molecule has 4 aromatic rings. The summed E-state index contributed by atoms with van der Waals surface area (Å²) in [6.45, 7) is 4.57. The zero-order chi connectivity index (χ0) is 34.0. The number of methoxy groups -OCH3 is 1. The summed E-state index contributed by atoms with van der Waals surface area (Å²) in [7, 11) is 1.58. The quantitative estimate of drug-likeness (QED) is 0.0848. The number of furan rings is 1. The summed E-state index contributed by atoms with van der Waals surface area (Å²) in [5, 5.41) is 12.7. The molecular weight excluding hydrogens is 675 g/mol. The normalized spacial score (nSPS) is 14.8. The van der Waals surface area contributed by atoms with Gasteiger partial charge in [-0.15, -0.1) is 5.10 Å². The Morgan fingerprint density at radius 1 is 1.00 bits per heavy atom. The molecule has 0 radical (unpaired) electrons. The predicted molar refractivity (Wildman–Crippen MR) is 190 cm³/mol. The molecule has 3 aromatic carbocycles. The van der Waals surface area contributed by atoms with E-state index in [4.69, 9.17) is 41.8 Å². The Morgan fingerprint density at radius 2 is 1.77 bits per heavy atom. The van der Waals surface area contributed by atoms with E-state index in [1.54, 1.807) is 80.1 Å². The number of hydrogen-bond acceptors (Lipinski definition) is 9. The summed E-state index contributed by atoms with van der Waals surface area (Å²) in [4.78, 5) is 28.1. The molecule has 13 heteroatoms. The van der Waals surface area contributed by atoms with Crippen LogP contribution in [0.3, 0.4) is 0 Å². The second-order valence-electron chi connectivity index (χ2n) is 10.8. The molecule has 1 aromatic heterocycles. The molecule has 248 valence electrons. The third-order valence-electron chi connectivity index (χ3n) is 6.64. The number of carbonyl (C=O) groups is 2. The highest BCUT2D eigenvalue weighted by atomic mass is 35.5. The van der Waals surface area contributed by atoms with E-state index < -0.39 is 0 Å². The van der Waals surface area contributed by atoms with Crippen molar-refractivity contribution in [1.82, 2.24) is 4.90 Å². The molecule has 0 unspecified atom stereocenters. The lowest BCUT2D eigenvalue weighted by molar-refractivity contribution is -0.122. The lowest BCUT2D eigenvalue weighted by Gasteiger charge is -2.13. The highest BCUT2D eigenvalue weighted by Crippen LogP contribution is 2.36. The van der Waals surface area contributed by atoms with Crippen LogP contribution in [0.5, 0.6) is 17.2 Å². The van der Waals surface area contributed by atoms with Crippen molar-refractivity contribution in [3.63, 3.8) is 0 Å². The van der Waals surface area contributed by atoms with Crippen LogP contribution in [0.15, 0.2) is 98.6 Å². The van der Waals surface area contributed by atoms with Gasteiger partial charge in [0.2, 0.25) is 0 Å². The van der Waals surface area contributed by atoms with E-state index in [0.29, 0.717) is 66.9 Å². The molecule has 1 aliphatic heterocycles. The standard InChI is InChI=1S/C35H32Cl2N4O6S/c1-22(2)20-46-30-12-6-23(15-31(30)44-3)18-38-40-35-41(19-28-5-4-14-45-28)34(43)32(48-35)17-24-16-26(37)9-13-29(24)47-21-33(42)39-27-10-7-25(36)8-11-27/h4-18,22H,19-21H2,1-3H3,(H,39,42)/b32-17-,38-18-,40-35+. The first kappa shape index (κ1) is 34.6. The van der Waals surface area contributed by atoms with Crippen LogP contribution in [0.1, 0.15) is 30.7 Å². The average Bonchev–Trinajstić information content (AvgIpc) is 3.69. The van der Waals surface area contributed by atoms with Gasteiger partial charge in [0.15, 0.2) is 23.3 Å². The molecule has 0 aliphatic carbocycles. The molecule has 0 spiro atoms. The maximum atomic E-state index is 13.7. The highest BCUT2D eigenvalue weighted by molar-refractivity contribution is 8.18. The third-order valence-corrected chi connectivity index (χ3v) is 8.12. The average molecular weight is 708 g/mol. The first-order chi connectivity index (χ1) is 23.2. The Labute approximate surface area is 292 Å². The summed E-state index contributed by atoms with van der Waals surface area (Å²) in [5.41, 5.74) is 1.82. The van der Waals surface area contributed by atoms with Crippen LogP contribution in [-0.4, -0.2) is 48.4 Å². The van der Waals surface area contributed by atoms with Crippen LogP contribution in [0.25, 0.3) is 6.08 Å². The van der Waals surface area contributed by atoms with Gasteiger partial charge in [-0.2, -0.15) is 5.10 Å². The first-order valence-electron chi connectivity index (χ1n) is 14.8. The minimum Gasteiger partial charge on any atom is -0.493 e. The molecule has 1 fully saturated rings. The number of rotatable bonds is 13. The Balaban J connectivity index is 1.35. The molecule has 10 nitrogen and oxygen atoms in total. The van der Waals surface area contributed by atoms with Gasteiger partial charge < -0.3 is 23.9 Å². The summed E-state index contributed by atoms with van der Waals surface area (Å²) in [6.07, 6.45) is 4.75. The molecule has 48 heavy (non-hydrogen) atoms. The molecule has 5 rings (SSSR count). The van der Waals surface area contributed by atoms with E-state index in [1.807, 2.05) is 12.1 Å². The van der Waals surface area contributed by atoms with Crippen molar-refractivity contribution in [3.8, 4) is 17.2 Å². The SMILES string of the molecule is COc1cc(/C=N\N=C2\S/C(=C\c3cc(Cl)ccc3OCC(=O)Nc3ccc(Cl)cc3)C(=O)N2Cc2ccco2)ccc1OCC(C)C. The fourth-order valence-corrected chi connectivity index (χ4v) is 5.58. The summed E-state index contributed by atoms with van der Waals surface area (Å²) in [5.74, 6) is 1.83. The maximum Gasteiger partial charge on any atom is 0.267 e. The van der Waals surface area contributed by atoms with Gasteiger partial charge in [0.1, 0.15) is 11.5 Å². The first-order valence-corrected chi connectivity index (χ1v) is 16.4. The topological polar surface area (TPSA) is 115 Å². The number of nitrogens with one attached hydrogen (secondary N) is 1. The van der Waals surface area contributed by atoms with Gasteiger partial charge >= 0.3 is 0 Å². The second-order valence-corrected chi connectivity index (χ2v) is 12.7. The number of ether oxygens (including phenoxy) is 3. The van der Waals surface area contributed by atoms with Crippen LogP contribution in [-0.2, 0) is 16.1 Å². The van der Waals surface area contributed by atoms with Crippen molar-refractivity contribution in [2.24, 2.45) is 16.1 Å². The number of thioether (sulfide) groups is 1. The number of nitrogens with zero attached hydrogens (tertiary/aromatic N) is 3. The number of benzene rings is 3. The molecule has 1 saturated heterocycles. The van der Waals surface area contributed by atoms with E-state index >= 15 is 0 Å². The summed E-state index contributed by atoms with van der Waals surface area (Å²) in [6, 6.07) is 20.6. The zero-order valence-corrected chi connectivity index (χ0v) is 28.6. The van der Waals surface area contributed by atoms with Crippen molar-refractivity contribution < 1.29 is 28.2 Å². The van der Waals surface area contributed by atoms with Crippen molar-refractivity contribution in [1.29, 1.82) is 0 Å². The van der Waals surface area contributed by atoms with Gasteiger partial charge in [0.05, 0.1) is 37.6 Å². The fourth-order valence-electron chi connectivity index (χ4n) is 4.34. The van der Waals surface area contributed by atoms with Crippen molar-refractivity contribution in [2.75, 3.05) is 25.6 Å². The smallest absolute Gasteiger partial charge is 0.267 e. The number of hydrogen-bond donors (Lipinski definition) is 1. The highest BCUT2D eigenvalue weighted by Gasteiger charge is 2.34. The van der Waals surface area contributed by atoms with E-state index in [9.17, 15) is 9.59 Å². The van der Waals surface area contributed by atoms with E-state index in [1.165, 1.54) is 11.2 Å². The van der Waals surface area contributed by atoms with Crippen LogP contribution in [0.2, 0.25) is 10.0 Å². The minimum absolute atomic E-state index is 0.143. The van der Waals surface area contributed by atoms with Crippen LogP contribution >= 0.6 is 35.0 Å². The van der Waals surface area contributed by atoms with E-state index in [0.717, 1.165) is 17.3 Å². The molecule has 2 heterocycles. The summed E-state index contributed by atoms with van der Waals surface area (Å²) < 4.78 is 22.7. The number of amides is 2. The molecule has 0 atom stereocenters. The van der Waals surface area contributed by atoms with Gasteiger partial charge in [0.25, 0.3) is 11.8 Å². The van der Waals surface area contributed by atoms with Crippen molar-refractivity contribution in [2.45, 2.75) is 20.4 Å². The van der Waals surface area contributed by atoms with Crippen LogP contribution in [0.4, 0.5) is 5.69 Å². The van der Waals surface area contributed by atoms with Gasteiger partial charge in [-0.1, -0.05) is 37.0 Å². The van der Waals surface area contributed by atoms with Gasteiger partial charge in [-0.25, -0.2) is 0 Å². The molecule has 1 aliphatic rings. The van der Waals surface area contributed by atoms with Gasteiger partial charge in [0, 0.05) is 21.3 Å². The molecule has 2 amide bonds. The van der Waals surface area contributed by atoms with Gasteiger partial charge in [-0.05, 0) is 102 Å². The maximum absolute atomic E-state index is 13.7. The Morgan fingerprint density at radius 3 is 2.50 bits per heavy atom. The zero-order valence-electron chi connectivity index (χ0n) is 26.3. The van der Waals surface area contributed by atoms with Crippen LogP contribution < -0.4 is 19.5 Å². The fraction of sp³-hybridized carbons (Fsp3) is 0.200. The number of amidine groups is 1. The van der Waals surface area contributed by atoms with Crippen LogP contribution in [0, 0.1) is 5.92 Å². The van der Waals surface area contributed by atoms with E-state index in [2.05, 4.69) is 29.4 Å². The van der Waals surface area contributed by atoms with Crippen molar-refractivity contribution in [3.05, 3.63) is 111 Å². The molecule has 0 bridgehead atoms. The number of carbonyl (C=O) groups excluding carboxylic acids is 2. The minimum atomic E-state index is -0.371. The van der Waals surface area contributed by atoms with Gasteiger partial charge in [-0.3, -0.25) is 14.5 Å². The molecule has 1 N–H and O–H groups in total. The predicted octanol–water partition coefficient (Wildman–Crippen LogP) is 8.15. The number of anilines is 1.